The van der Waals surface area contributed by atoms with Gasteiger partial charge in [0.1, 0.15) is 5.75 Å². The Morgan fingerprint density at radius 3 is 2.58 bits per heavy atom. The SMILES string of the molecule is COc1ccncc1B(O)O.[Li]. The van der Waals surface area contributed by atoms with E-state index < -0.39 is 7.12 Å². The first-order valence-corrected chi connectivity index (χ1v) is 3.09. The molecule has 4 nitrogen and oxygen atoms in total. The minimum absolute atomic E-state index is 0. The van der Waals surface area contributed by atoms with Crippen molar-refractivity contribution < 1.29 is 14.8 Å². The molecule has 1 rings (SSSR count). The van der Waals surface area contributed by atoms with Crippen LogP contribution < -0.4 is 10.2 Å². The van der Waals surface area contributed by atoms with Gasteiger partial charge in [0, 0.05) is 36.7 Å². The van der Waals surface area contributed by atoms with Crippen LogP contribution in [0.5, 0.6) is 5.75 Å². The third kappa shape index (κ3) is 2.54. The summed E-state index contributed by atoms with van der Waals surface area (Å²) < 4.78 is 4.85. The quantitative estimate of drug-likeness (QED) is 0.510. The summed E-state index contributed by atoms with van der Waals surface area (Å²) in [5, 5.41) is 17.5. The van der Waals surface area contributed by atoms with E-state index in [1.165, 1.54) is 19.5 Å². The van der Waals surface area contributed by atoms with Gasteiger partial charge in [0.15, 0.2) is 0 Å². The zero-order chi connectivity index (χ0) is 8.27. The molecule has 0 aliphatic rings. The van der Waals surface area contributed by atoms with Gasteiger partial charge >= 0.3 is 7.12 Å². The normalized spacial score (nSPS) is 8.58. The van der Waals surface area contributed by atoms with Crippen LogP contribution in [0.2, 0.25) is 0 Å². The first kappa shape index (κ1) is 11.5. The number of aromatic nitrogens is 1. The molecule has 1 heterocycles. The fraction of sp³-hybridized carbons (Fsp3) is 0.167. The van der Waals surface area contributed by atoms with E-state index in [-0.39, 0.29) is 24.3 Å². The number of nitrogens with zero attached hydrogens (tertiary/aromatic N) is 1. The molecule has 1 aromatic heterocycles. The smallest absolute Gasteiger partial charge is 0.493 e. The summed E-state index contributed by atoms with van der Waals surface area (Å²) in [6.07, 6.45) is 2.87. The molecule has 0 fully saturated rings. The van der Waals surface area contributed by atoms with Gasteiger partial charge in [-0.2, -0.15) is 0 Å². The summed E-state index contributed by atoms with van der Waals surface area (Å²) in [7, 11) is -0.0695. The molecule has 0 aromatic carbocycles. The second kappa shape index (κ2) is 5.23. The summed E-state index contributed by atoms with van der Waals surface area (Å²) in [5.41, 5.74) is 0.273. The van der Waals surface area contributed by atoms with Gasteiger partial charge in [-0.25, -0.2) is 0 Å². The molecule has 2 N–H and O–H groups in total. The Kier molecular flexibility index (Phi) is 5.02. The number of ether oxygens (including phenoxy) is 1. The van der Waals surface area contributed by atoms with Gasteiger partial charge in [-0.15, -0.1) is 0 Å². The van der Waals surface area contributed by atoms with E-state index >= 15 is 0 Å². The number of rotatable bonds is 2. The fourth-order valence-electron chi connectivity index (χ4n) is 0.774. The molecule has 0 aliphatic heterocycles. The summed E-state index contributed by atoms with van der Waals surface area (Å²) in [5.74, 6) is 0.426. The van der Waals surface area contributed by atoms with Crippen molar-refractivity contribution in [3.63, 3.8) is 0 Å². The topological polar surface area (TPSA) is 62.6 Å². The minimum atomic E-state index is -1.53. The predicted molar refractivity (Wildman–Crippen MR) is 46.4 cm³/mol. The molecule has 0 saturated carbocycles. The van der Waals surface area contributed by atoms with E-state index in [2.05, 4.69) is 4.98 Å². The molecule has 0 atom stereocenters. The second-order valence-electron chi connectivity index (χ2n) is 1.99. The number of methoxy groups -OCH3 is 1. The van der Waals surface area contributed by atoms with Gasteiger partial charge in [0.2, 0.25) is 0 Å². The molecule has 1 aromatic rings. The van der Waals surface area contributed by atoms with Gasteiger partial charge in [0.25, 0.3) is 0 Å². The van der Waals surface area contributed by atoms with Crippen LogP contribution in [0.3, 0.4) is 0 Å². The maximum Gasteiger partial charge on any atom is 0.493 e. The third-order valence-corrected chi connectivity index (χ3v) is 1.31. The Bertz CT molecular complexity index is 246. The Morgan fingerprint density at radius 1 is 1.50 bits per heavy atom. The van der Waals surface area contributed by atoms with Crippen molar-refractivity contribution in [3.05, 3.63) is 18.5 Å². The largest absolute Gasteiger partial charge is 0.497 e. The summed E-state index contributed by atoms with van der Waals surface area (Å²) in [6.45, 7) is 0. The number of pyridine rings is 1. The van der Waals surface area contributed by atoms with Gasteiger partial charge in [-0.05, 0) is 6.07 Å². The molecular formula is C6H8BLiNO3. The molecule has 0 spiro atoms. The Morgan fingerprint density at radius 2 is 2.17 bits per heavy atom. The van der Waals surface area contributed by atoms with Crippen LogP contribution in [0, 0.1) is 0 Å². The van der Waals surface area contributed by atoms with Crippen LogP contribution in [0.15, 0.2) is 18.5 Å². The molecule has 0 amide bonds. The third-order valence-electron chi connectivity index (χ3n) is 1.31. The average Bonchev–Trinajstić information content (AvgIpc) is 2.04. The summed E-state index contributed by atoms with van der Waals surface area (Å²) >= 11 is 0. The number of hydrogen-bond donors (Lipinski definition) is 2. The average molecular weight is 160 g/mol. The van der Waals surface area contributed by atoms with Crippen molar-refractivity contribution in [1.29, 1.82) is 0 Å². The molecule has 12 heavy (non-hydrogen) atoms. The molecular weight excluding hydrogens is 152 g/mol. The van der Waals surface area contributed by atoms with Crippen LogP contribution in [-0.2, 0) is 0 Å². The van der Waals surface area contributed by atoms with Gasteiger partial charge in [-0.1, -0.05) is 0 Å². The molecule has 0 unspecified atom stereocenters. The standard InChI is InChI=1S/C6H8BNO3.Li/c1-11-6-2-3-8-4-5(6)7(9)10;/h2-4,9-10H,1H3;. The Hall–Kier alpha value is -0.468. The van der Waals surface area contributed by atoms with Crippen LogP contribution in [0.1, 0.15) is 0 Å². The summed E-state index contributed by atoms with van der Waals surface area (Å²) in [4.78, 5) is 3.71. The molecule has 6 heteroatoms. The van der Waals surface area contributed by atoms with Crippen molar-refractivity contribution in [2.24, 2.45) is 0 Å². The van der Waals surface area contributed by atoms with E-state index in [0.717, 1.165) is 0 Å². The fourth-order valence-corrected chi connectivity index (χ4v) is 0.774. The minimum Gasteiger partial charge on any atom is -0.497 e. The van der Waals surface area contributed by atoms with E-state index in [1.54, 1.807) is 6.07 Å². The molecule has 0 bridgehead atoms. The van der Waals surface area contributed by atoms with E-state index in [0.29, 0.717) is 5.75 Å². The molecule has 0 saturated heterocycles. The van der Waals surface area contributed by atoms with Crippen LogP contribution in [0.25, 0.3) is 0 Å². The van der Waals surface area contributed by atoms with Crippen molar-refractivity contribution in [2.45, 2.75) is 0 Å². The second-order valence-corrected chi connectivity index (χ2v) is 1.99. The van der Waals surface area contributed by atoms with Gasteiger partial charge in [-0.3, -0.25) is 4.98 Å². The van der Waals surface area contributed by atoms with Gasteiger partial charge < -0.3 is 14.8 Å². The Balaban J connectivity index is 0.00000121. The molecule has 0 aliphatic carbocycles. The maximum atomic E-state index is 8.77. The zero-order valence-electron chi connectivity index (χ0n) is 7.06. The van der Waals surface area contributed by atoms with Crippen molar-refractivity contribution >= 4 is 31.4 Å². The van der Waals surface area contributed by atoms with Crippen molar-refractivity contribution in [2.75, 3.05) is 7.11 Å². The predicted octanol–water partition coefficient (Wildman–Crippen LogP) is -1.61. The van der Waals surface area contributed by atoms with Crippen molar-refractivity contribution in [3.8, 4) is 5.75 Å². The van der Waals surface area contributed by atoms with E-state index in [4.69, 9.17) is 14.8 Å². The molecule has 59 valence electrons. The first-order chi connectivity index (χ1) is 5.25. The monoisotopic (exact) mass is 160 g/mol. The van der Waals surface area contributed by atoms with Gasteiger partial charge in [0.05, 0.1) is 7.11 Å². The summed E-state index contributed by atoms with van der Waals surface area (Å²) in [6, 6.07) is 1.56. The molecule has 1 radical (unpaired) electrons. The number of hydrogen-bond acceptors (Lipinski definition) is 4. The zero-order valence-corrected chi connectivity index (χ0v) is 7.06. The van der Waals surface area contributed by atoms with E-state index in [9.17, 15) is 0 Å². The Labute approximate surface area is 82.9 Å². The van der Waals surface area contributed by atoms with Crippen LogP contribution >= 0.6 is 0 Å². The maximum absolute atomic E-state index is 8.77. The first-order valence-electron chi connectivity index (χ1n) is 3.09. The van der Waals surface area contributed by atoms with Crippen LogP contribution in [0.4, 0.5) is 0 Å². The van der Waals surface area contributed by atoms with E-state index in [1.807, 2.05) is 0 Å². The van der Waals surface area contributed by atoms with Crippen molar-refractivity contribution in [1.82, 2.24) is 4.98 Å². The van der Waals surface area contributed by atoms with Crippen LogP contribution in [-0.4, -0.2) is 48.1 Å².